The molecule has 2 nitrogen and oxygen atoms in total. The van der Waals surface area contributed by atoms with Crippen molar-refractivity contribution < 1.29 is 0 Å². The molecule has 0 bridgehead atoms. The number of hydrogen-bond donors (Lipinski definition) is 2. The standard InChI is InChI=1S/C22H28N2S/c1-4-21-13-22(21,15-23-14-21)18-7-9-19(10-8-18)24-25-20-11-5-17(6-12-20)16(2)3/h5-12,16,23-24H,4,13-15H2,1-3H3/t21-,22+/m1/s1. The minimum absolute atomic E-state index is 0.403. The third kappa shape index (κ3) is 2.88. The summed E-state index contributed by atoms with van der Waals surface area (Å²) in [5.74, 6) is 0.585. The highest BCUT2D eigenvalue weighted by molar-refractivity contribution is 8.00. The second-order valence-electron chi connectivity index (χ2n) is 8.00. The van der Waals surface area contributed by atoms with Gasteiger partial charge in [-0.25, -0.2) is 0 Å². The Morgan fingerprint density at radius 2 is 1.76 bits per heavy atom. The van der Waals surface area contributed by atoms with Crippen LogP contribution in [-0.4, -0.2) is 13.1 Å². The Bertz CT molecular complexity index is 738. The van der Waals surface area contributed by atoms with Crippen LogP contribution in [0.3, 0.4) is 0 Å². The van der Waals surface area contributed by atoms with Gasteiger partial charge in [-0.3, -0.25) is 0 Å². The molecule has 1 aliphatic carbocycles. The molecule has 2 atom stereocenters. The largest absolute Gasteiger partial charge is 0.326 e. The van der Waals surface area contributed by atoms with Gasteiger partial charge < -0.3 is 10.0 Å². The van der Waals surface area contributed by atoms with Crippen LogP contribution in [0.4, 0.5) is 5.69 Å². The zero-order valence-corrected chi connectivity index (χ0v) is 16.2. The first kappa shape index (κ1) is 17.0. The minimum Gasteiger partial charge on any atom is -0.326 e. The van der Waals surface area contributed by atoms with Gasteiger partial charge in [0.25, 0.3) is 0 Å². The highest BCUT2D eigenvalue weighted by Crippen LogP contribution is 2.68. The van der Waals surface area contributed by atoms with E-state index in [-0.39, 0.29) is 0 Å². The van der Waals surface area contributed by atoms with Crippen molar-refractivity contribution in [3.8, 4) is 0 Å². The number of hydrogen-bond acceptors (Lipinski definition) is 3. The normalized spacial score (nSPS) is 27.4. The van der Waals surface area contributed by atoms with E-state index in [1.807, 2.05) is 0 Å². The lowest BCUT2D eigenvalue weighted by Gasteiger charge is -2.17. The third-order valence-corrected chi connectivity index (χ3v) is 7.21. The molecule has 132 valence electrons. The second-order valence-corrected chi connectivity index (χ2v) is 8.88. The molecule has 1 saturated heterocycles. The fourth-order valence-corrected chi connectivity index (χ4v) is 5.17. The van der Waals surface area contributed by atoms with Gasteiger partial charge in [-0.15, -0.1) is 0 Å². The predicted molar refractivity (Wildman–Crippen MR) is 108 cm³/mol. The van der Waals surface area contributed by atoms with E-state index in [9.17, 15) is 0 Å². The molecule has 0 aromatic heterocycles. The summed E-state index contributed by atoms with van der Waals surface area (Å²) in [6, 6.07) is 18.0. The van der Waals surface area contributed by atoms with Crippen LogP contribution in [0.2, 0.25) is 0 Å². The lowest BCUT2D eigenvalue weighted by molar-refractivity contribution is 0.477. The summed E-state index contributed by atoms with van der Waals surface area (Å²) in [4.78, 5) is 1.25. The highest BCUT2D eigenvalue weighted by Gasteiger charge is 2.69. The highest BCUT2D eigenvalue weighted by atomic mass is 32.2. The van der Waals surface area contributed by atoms with Gasteiger partial charge in [0.2, 0.25) is 0 Å². The van der Waals surface area contributed by atoms with E-state index < -0.39 is 0 Å². The van der Waals surface area contributed by atoms with Crippen LogP contribution in [0.25, 0.3) is 0 Å². The van der Waals surface area contributed by atoms with Gasteiger partial charge in [0.1, 0.15) is 0 Å². The Balaban J connectivity index is 1.40. The molecule has 1 saturated carbocycles. The predicted octanol–water partition coefficient (Wildman–Crippen LogP) is 5.57. The molecule has 0 spiro atoms. The van der Waals surface area contributed by atoms with Crippen molar-refractivity contribution in [1.82, 2.24) is 5.32 Å². The summed E-state index contributed by atoms with van der Waals surface area (Å²) in [6.07, 6.45) is 2.63. The van der Waals surface area contributed by atoms with Crippen molar-refractivity contribution in [2.24, 2.45) is 5.41 Å². The van der Waals surface area contributed by atoms with Gasteiger partial charge in [0.05, 0.1) is 0 Å². The fourth-order valence-electron chi connectivity index (χ4n) is 4.52. The van der Waals surface area contributed by atoms with Crippen molar-refractivity contribution in [2.45, 2.75) is 49.8 Å². The first-order valence-electron chi connectivity index (χ1n) is 9.43. The maximum Gasteiger partial charge on any atom is 0.0443 e. The monoisotopic (exact) mass is 352 g/mol. The van der Waals surface area contributed by atoms with Gasteiger partial charge >= 0.3 is 0 Å². The molecule has 1 aliphatic heterocycles. The van der Waals surface area contributed by atoms with E-state index in [1.54, 1.807) is 11.9 Å². The Kier molecular flexibility index (Phi) is 4.33. The van der Waals surface area contributed by atoms with Crippen molar-refractivity contribution in [3.05, 3.63) is 59.7 Å². The summed E-state index contributed by atoms with van der Waals surface area (Å²) in [6.45, 7) is 9.13. The number of rotatable bonds is 6. The molecule has 0 unspecified atom stereocenters. The molecule has 2 aromatic carbocycles. The van der Waals surface area contributed by atoms with Crippen LogP contribution in [-0.2, 0) is 5.41 Å². The quantitative estimate of drug-likeness (QED) is 0.665. The number of anilines is 1. The summed E-state index contributed by atoms with van der Waals surface area (Å²) in [5.41, 5.74) is 5.00. The van der Waals surface area contributed by atoms with Crippen LogP contribution in [0.15, 0.2) is 53.4 Å². The summed E-state index contributed by atoms with van der Waals surface area (Å²) in [5, 5.41) is 3.61. The number of benzene rings is 2. The van der Waals surface area contributed by atoms with E-state index in [0.29, 0.717) is 16.7 Å². The van der Waals surface area contributed by atoms with Gasteiger partial charge in [0, 0.05) is 29.1 Å². The smallest absolute Gasteiger partial charge is 0.0443 e. The summed E-state index contributed by atoms with van der Waals surface area (Å²) < 4.78 is 3.48. The Hall–Kier alpha value is -1.45. The van der Waals surface area contributed by atoms with E-state index in [4.69, 9.17) is 0 Å². The second kappa shape index (κ2) is 6.37. The van der Waals surface area contributed by atoms with Crippen LogP contribution in [0.1, 0.15) is 50.7 Å². The minimum atomic E-state index is 0.403. The number of piperidine rings is 1. The Morgan fingerprint density at radius 1 is 1.04 bits per heavy atom. The topological polar surface area (TPSA) is 24.1 Å². The van der Waals surface area contributed by atoms with Gasteiger partial charge in [-0.05, 0) is 71.5 Å². The molecule has 1 heterocycles. The maximum atomic E-state index is 3.61. The van der Waals surface area contributed by atoms with Crippen molar-refractivity contribution >= 4 is 17.6 Å². The fraction of sp³-hybridized carbons (Fsp3) is 0.455. The molecular formula is C22H28N2S. The Morgan fingerprint density at radius 3 is 2.36 bits per heavy atom. The molecule has 2 N–H and O–H groups in total. The van der Waals surface area contributed by atoms with Crippen molar-refractivity contribution in [3.63, 3.8) is 0 Å². The summed E-state index contributed by atoms with van der Waals surface area (Å²) in [7, 11) is 0. The first-order valence-corrected chi connectivity index (χ1v) is 10.2. The third-order valence-electron chi connectivity index (χ3n) is 6.37. The van der Waals surface area contributed by atoms with Crippen molar-refractivity contribution in [1.29, 1.82) is 0 Å². The average molecular weight is 353 g/mol. The molecule has 2 fully saturated rings. The average Bonchev–Trinajstić information content (AvgIpc) is 3.16. The van der Waals surface area contributed by atoms with Crippen molar-refractivity contribution in [2.75, 3.05) is 17.8 Å². The van der Waals surface area contributed by atoms with Gasteiger partial charge in [0.15, 0.2) is 0 Å². The summed E-state index contributed by atoms with van der Waals surface area (Å²) >= 11 is 1.68. The zero-order valence-electron chi connectivity index (χ0n) is 15.4. The lowest BCUT2D eigenvalue weighted by atomic mass is 9.87. The van der Waals surface area contributed by atoms with Gasteiger partial charge in [-0.2, -0.15) is 0 Å². The van der Waals surface area contributed by atoms with E-state index >= 15 is 0 Å². The SMILES string of the molecule is CC[C@@]12CNC[C@]1(c1ccc(NSc3ccc(C(C)C)cc3)cc1)C2. The number of nitrogens with one attached hydrogen (secondary N) is 2. The molecule has 3 heteroatoms. The van der Waals surface area contributed by atoms with Gasteiger partial charge in [-0.1, -0.05) is 45.0 Å². The molecule has 4 rings (SSSR count). The van der Waals surface area contributed by atoms with Crippen LogP contribution < -0.4 is 10.0 Å². The molecule has 0 radical (unpaired) electrons. The molecule has 0 amide bonds. The van der Waals surface area contributed by atoms with Crippen LogP contribution >= 0.6 is 11.9 Å². The maximum absolute atomic E-state index is 3.61. The number of fused-ring (bicyclic) bond motifs is 1. The van der Waals surface area contributed by atoms with E-state index in [0.717, 1.165) is 6.54 Å². The zero-order chi connectivity index (χ0) is 17.5. The van der Waals surface area contributed by atoms with E-state index in [2.05, 4.69) is 79.3 Å². The molecular weight excluding hydrogens is 324 g/mol. The Labute approximate surface area is 155 Å². The lowest BCUT2D eigenvalue weighted by Crippen LogP contribution is -2.19. The van der Waals surface area contributed by atoms with E-state index in [1.165, 1.54) is 41.1 Å². The molecule has 2 aliphatic rings. The van der Waals surface area contributed by atoms with Crippen LogP contribution in [0, 0.1) is 5.41 Å². The molecule has 2 aromatic rings. The molecule has 25 heavy (non-hydrogen) atoms. The van der Waals surface area contributed by atoms with Crippen LogP contribution in [0.5, 0.6) is 0 Å². The first-order chi connectivity index (χ1) is 12.1.